The van der Waals surface area contributed by atoms with Crippen LogP contribution in [0.4, 0.5) is 13.2 Å². The Morgan fingerprint density at radius 3 is 2.05 bits per heavy atom. The van der Waals surface area contributed by atoms with Gasteiger partial charge in [0.25, 0.3) is 0 Å². The zero-order valence-corrected chi connectivity index (χ0v) is 12.2. The fraction of sp³-hybridized carbons (Fsp3) is 0.600. The number of hydrogen-bond acceptors (Lipinski definition) is 3. The van der Waals surface area contributed by atoms with Gasteiger partial charge in [-0.15, -0.1) is 0 Å². The summed E-state index contributed by atoms with van der Waals surface area (Å²) < 4.78 is 50.4. The van der Waals surface area contributed by atoms with E-state index in [1.807, 2.05) is 0 Å². The fourth-order valence-electron chi connectivity index (χ4n) is 3.19. The van der Waals surface area contributed by atoms with Gasteiger partial charge in [-0.2, -0.15) is 13.2 Å². The first-order valence-corrected chi connectivity index (χ1v) is 6.92. The number of methoxy groups -OCH3 is 2. The zero-order chi connectivity index (χ0) is 15.7. The number of benzene rings is 1. The van der Waals surface area contributed by atoms with Crippen LogP contribution in [-0.4, -0.2) is 20.8 Å². The second-order valence-corrected chi connectivity index (χ2v) is 5.44. The highest BCUT2D eigenvalue weighted by Crippen LogP contribution is 2.48. The molecule has 1 aromatic rings. The van der Waals surface area contributed by atoms with Gasteiger partial charge in [-0.1, -0.05) is 12.8 Å². The standard InChI is InChI=1S/C15H20F3NO2/c1-20-12-7-10(14(9-19)5-3-4-6-14)11(15(16,17)18)8-13(12)21-2/h7-8H,3-6,9,19H2,1-2H3. The molecule has 0 atom stereocenters. The van der Waals surface area contributed by atoms with E-state index in [1.54, 1.807) is 0 Å². The minimum absolute atomic E-state index is 0.0822. The first kappa shape index (κ1) is 15.9. The Hall–Kier alpha value is -1.43. The van der Waals surface area contributed by atoms with E-state index >= 15 is 0 Å². The lowest BCUT2D eigenvalue weighted by atomic mass is 9.76. The molecule has 1 fully saturated rings. The van der Waals surface area contributed by atoms with Crippen molar-refractivity contribution in [2.75, 3.05) is 20.8 Å². The summed E-state index contributed by atoms with van der Waals surface area (Å²) in [7, 11) is 2.74. The van der Waals surface area contributed by atoms with Gasteiger partial charge in [-0.05, 0) is 30.5 Å². The number of alkyl halides is 3. The predicted molar refractivity (Wildman–Crippen MR) is 73.7 cm³/mol. The van der Waals surface area contributed by atoms with Gasteiger partial charge >= 0.3 is 6.18 Å². The van der Waals surface area contributed by atoms with E-state index in [0.717, 1.165) is 18.9 Å². The first-order valence-electron chi connectivity index (χ1n) is 6.92. The summed E-state index contributed by atoms with van der Waals surface area (Å²) in [5.41, 5.74) is 4.77. The third-order valence-electron chi connectivity index (χ3n) is 4.35. The molecule has 1 aliphatic carbocycles. The van der Waals surface area contributed by atoms with E-state index in [-0.39, 0.29) is 17.9 Å². The molecule has 0 amide bonds. The van der Waals surface area contributed by atoms with Gasteiger partial charge in [0.1, 0.15) is 0 Å². The van der Waals surface area contributed by atoms with Crippen molar-refractivity contribution in [2.24, 2.45) is 5.73 Å². The molecule has 0 radical (unpaired) electrons. The lowest BCUT2D eigenvalue weighted by Gasteiger charge is -2.31. The van der Waals surface area contributed by atoms with Crippen LogP contribution in [0.15, 0.2) is 12.1 Å². The third-order valence-corrected chi connectivity index (χ3v) is 4.35. The van der Waals surface area contributed by atoms with Crippen molar-refractivity contribution >= 4 is 0 Å². The minimum Gasteiger partial charge on any atom is -0.493 e. The van der Waals surface area contributed by atoms with Crippen LogP contribution in [0.5, 0.6) is 11.5 Å². The topological polar surface area (TPSA) is 44.5 Å². The second kappa shape index (κ2) is 5.75. The highest BCUT2D eigenvalue weighted by atomic mass is 19.4. The Morgan fingerprint density at radius 1 is 1.10 bits per heavy atom. The van der Waals surface area contributed by atoms with Gasteiger partial charge in [0.15, 0.2) is 11.5 Å². The molecule has 2 rings (SSSR count). The summed E-state index contributed by atoms with van der Waals surface area (Å²) >= 11 is 0. The quantitative estimate of drug-likeness (QED) is 0.926. The molecule has 0 aromatic heterocycles. The molecule has 0 aliphatic heterocycles. The maximum atomic E-state index is 13.4. The van der Waals surface area contributed by atoms with E-state index < -0.39 is 17.2 Å². The van der Waals surface area contributed by atoms with Gasteiger partial charge in [-0.25, -0.2) is 0 Å². The second-order valence-electron chi connectivity index (χ2n) is 5.44. The highest BCUT2D eigenvalue weighted by Gasteiger charge is 2.43. The van der Waals surface area contributed by atoms with Gasteiger partial charge in [0.2, 0.25) is 0 Å². The molecule has 2 N–H and O–H groups in total. The van der Waals surface area contributed by atoms with E-state index in [9.17, 15) is 13.2 Å². The van der Waals surface area contributed by atoms with E-state index in [1.165, 1.54) is 20.3 Å². The van der Waals surface area contributed by atoms with E-state index in [4.69, 9.17) is 15.2 Å². The summed E-state index contributed by atoms with van der Waals surface area (Å²) in [6, 6.07) is 2.46. The van der Waals surface area contributed by atoms with E-state index in [0.29, 0.717) is 18.6 Å². The molecule has 1 aliphatic rings. The van der Waals surface area contributed by atoms with Crippen LogP contribution in [0.25, 0.3) is 0 Å². The van der Waals surface area contributed by atoms with Crippen LogP contribution < -0.4 is 15.2 Å². The van der Waals surface area contributed by atoms with Crippen LogP contribution in [0.3, 0.4) is 0 Å². The van der Waals surface area contributed by atoms with Crippen molar-refractivity contribution < 1.29 is 22.6 Å². The summed E-state index contributed by atoms with van der Waals surface area (Å²) in [4.78, 5) is 0. The number of ether oxygens (including phenoxy) is 2. The number of hydrogen-bond donors (Lipinski definition) is 1. The number of nitrogens with two attached hydrogens (primary N) is 1. The molecule has 0 saturated heterocycles. The Balaban J connectivity index is 2.67. The molecule has 1 aromatic carbocycles. The lowest BCUT2D eigenvalue weighted by molar-refractivity contribution is -0.138. The Kier molecular flexibility index (Phi) is 4.37. The van der Waals surface area contributed by atoms with E-state index in [2.05, 4.69) is 0 Å². The predicted octanol–water partition coefficient (Wildman–Crippen LogP) is 3.49. The molecule has 118 valence electrons. The normalized spacial score (nSPS) is 17.8. The average Bonchev–Trinajstić information content (AvgIpc) is 2.94. The largest absolute Gasteiger partial charge is 0.493 e. The molecule has 0 bridgehead atoms. The van der Waals surface area contributed by atoms with Gasteiger partial charge in [-0.3, -0.25) is 0 Å². The molecule has 0 unspecified atom stereocenters. The van der Waals surface area contributed by atoms with Crippen molar-refractivity contribution in [1.29, 1.82) is 0 Å². The molecule has 21 heavy (non-hydrogen) atoms. The Morgan fingerprint density at radius 2 is 1.62 bits per heavy atom. The Bertz CT molecular complexity index is 508. The van der Waals surface area contributed by atoms with Gasteiger partial charge in [0, 0.05) is 12.0 Å². The SMILES string of the molecule is COc1cc(C(F)(F)F)c(C2(CN)CCCC2)cc1OC. The summed E-state index contributed by atoms with van der Waals surface area (Å²) in [6.07, 6.45) is -1.32. The number of halogens is 3. The molecule has 3 nitrogen and oxygen atoms in total. The van der Waals surface area contributed by atoms with Crippen LogP contribution >= 0.6 is 0 Å². The van der Waals surface area contributed by atoms with Crippen molar-refractivity contribution in [3.8, 4) is 11.5 Å². The van der Waals surface area contributed by atoms with Crippen LogP contribution in [0.1, 0.15) is 36.8 Å². The molecule has 6 heteroatoms. The minimum atomic E-state index is -4.44. The first-order chi connectivity index (χ1) is 9.88. The summed E-state index contributed by atoms with van der Waals surface area (Å²) in [6.45, 7) is 0.200. The fourth-order valence-corrected chi connectivity index (χ4v) is 3.19. The molecule has 0 heterocycles. The summed E-state index contributed by atoms with van der Waals surface area (Å²) in [5, 5.41) is 0. The van der Waals surface area contributed by atoms with Crippen molar-refractivity contribution in [3.05, 3.63) is 23.3 Å². The van der Waals surface area contributed by atoms with Crippen LogP contribution in [0.2, 0.25) is 0 Å². The van der Waals surface area contributed by atoms with Crippen LogP contribution in [-0.2, 0) is 11.6 Å². The molecule has 1 saturated carbocycles. The molecule has 0 spiro atoms. The molecular formula is C15H20F3NO2. The monoisotopic (exact) mass is 303 g/mol. The Labute approximate surface area is 122 Å². The van der Waals surface area contributed by atoms with Crippen LogP contribution in [0, 0.1) is 0 Å². The lowest BCUT2D eigenvalue weighted by Crippen LogP contribution is -2.34. The third kappa shape index (κ3) is 2.81. The zero-order valence-electron chi connectivity index (χ0n) is 12.2. The van der Waals surface area contributed by atoms with Crippen molar-refractivity contribution in [2.45, 2.75) is 37.3 Å². The molecular weight excluding hydrogens is 283 g/mol. The average molecular weight is 303 g/mol. The maximum absolute atomic E-state index is 13.4. The maximum Gasteiger partial charge on any atom is 0.416 e. The summed E-state index contributed by atoms with van der Waals surface area (Å²) in [5.74, 6) is 0.388. The van der Waals surface area contributed by atoms with Gasteiger partial charge in [0.05, 0.1) is 19.8 Å². The van der Waals surface area contributed by atoms with Gasteiger partial charge < -0.3 is 15.2 Å². The highest BCUT2D eigenvalue weighted by molar-refractivity contribution is 5.51. The van der Waals surface area contributed by atoms with Crippen molar-refractivity contribution in [1.82, 2.24) is 0 Å². The smallest absolute Gasteiger partial charge is 0.416 e. The van der Waals surface area contributed by atoms with Crippen molar-refractivity contribution in [3.63, 3.8) is 0 Å². The number of rotatable bonds is 4.